The van der Waals surface area contributed by atoms with Crippen molar-refractivity contribution in [3.8, 4) is 0 Å². The number of carbonyl (C=O) groups excluding carboxylic acids is 2. The Kier molecular flexibility index (Phi) is 7.25. The number of amides is 3. The third-order valence-electron chi connectivity index (χ3n) is 4.68. The molecule has 2 rings (SSSR count). The minimum atomic E-state index is -0.586. The molecule has 1 aromatic rings. The first kappa shape index (κ1) is 19.2. The smallest absolute Gasteiger partial charge is 0.315 e. The van der Waals surface area contributed by atoms with Crippen LogP contribution in [0.5, 0.6) is 0 Å². The average Bonchev–Trinajstić information content (AvgIpc) is 2.61. The molecule has 0 saturated carbocycles. The highest BCUT2D eigenvalue weighted by atomic mass is 16.3. The third kappa shape index (κ3) is 5.74. The van der Waals surface area contributed by atoms with Crippen LogP contribution in [0.15, 0.2) is 30.3 Å². The number of aliphatic hydroxyl groups excluding tert-OH is 1. The zero-order chi connectivity index (χ0) is 18.2. The van der Waals surface area contributed by atoms with Gasteiger partial charge in [0.15, 0.2) is 0 Å². The Balaban J connectivity index is 1.84. The topological polar surface area (TPSA) is 81.7 Å². The van der Waals surface area contributed by atoms with Crippen LogP contribution in [0, 0.1) is 0 Å². The van der Waals surface area contributed by atoms with Crippen LogP contribution in [-0.2, 0) is 11.2 Å². The van der Waals surface area contributed by atoms with Crippen LogP contribution < -0.4 is 10.6 Å². The lowest BCUT2D eigenvalue weighted by molar-refractivity contribution is -0.136. The quantitative estimate of drug-likeness (QED) is 0.732. The summed E-state index contributed by atoms with van der Waals surface area (Å²) in [5.41, 5.74) is 1.04. The van der Waals surface area contributed by atoms with E-state index in [4.69, 9.17) is 0 Å². The molecule has 25 heavy (non-hydrogen) atoms. The maximum absolute atomic E-state index is 12.5. The zero-order valence-electron chi connectivity index (χ0n) is 15.1. The first-order valence-electron chi connectivity index (χ1n) is 9.03. The van der Waals surface area contributed by atoms with Crippen molar-refractivity contribution in [1.82, 2.24) is 15.5 Å². The van der Waals surface area contributed by atoms with Gasteiger partial charge >= 0.3 is 6.03 Å². The fraction of sp³-hybridized carbons (Fsp3) is 0.579. The molecular weight excluding hydrogens is 318 g/mol. The van der Waals surface area contributed by atoms with Gasteiger partial charge in [-0.1, -0.05) is 30.3 Å². The van der Waals surface area contributed by atoms with E-state index in [2.05, 4.69) is 10.6 Å². The molecule has 138 valence electrons. The van der Waals surface area contributed by atoms with E-state index >= 15 is 0 Å². The van der Waals surface area contributed by atoms with Crippen molar-refractivity contribution in [1.29, 1.82) is 0 Å². The van der Waals surface area contributed by atoms with Gasteiger partial charge in [-0.2, -0.15) is 0 Å². The van der Waals surface area contributed by atoms with Crippen LogP contribution >= 0.6 is 0 Å². The molecule has 1 aliphatic heterocycles. The molecule has 0 unspecified atom stereocenters. The summed E-state index contributed by atoms with van der Waals surface area (Å²) in [6.07, 6.45) is 3.70. The summed E-state index contributed by atoms with van der Waals surface area (Å²) in [6, 6.07) is 8.48. The van der Waals surface area contributed by atoms with Crippen LogP contribution in [0.1, 0.15) is 38.7 Å². The molecule has 6 heteroatoms. The van der Waals surface area contributed by atoms with Gasteiger partial charge < -0.3 is 20.6 Å². The number of nitrogens with one attached hydrogen (secondary N) is 2. The lowest BCUT2D eigenvalue weighted by Crippen LogP contribution is -2.54. The van der Waals surface area contributed by atoms with Gasteiger partial charge in [-0.3, -0.25) is 4.79 Å². The van der Waals surface area contributed by atoms with Gasteiger partial charge in [0.1, 0.15) is 6.04 Å². The zero-order valence-corrected chi connectivity index (χ0v) is 15.1. The Morgan fingerprint density at radius 1 is 1.24 bits per heavy atom. The minimum Gasteiger partial charge on any atom is -0.394 e. The normalized spacial score (nSPS) is 19.8. The van der Waals surface area contributed by atoms with E-state index in [1.54, 1.807) is 6.92 Å². The number of hydrogen-bond donors (Lipinski definition) is 3. The first-order valence-corrected chi connectivity index (χ1v) is 9.03. The van der Waals surface area contributed by atoms with Gasteiger partial charge in [-0.15, -0.1) is 0 Å². The van der Waals surface area contributed by atoms with E-state index in [1.807, 2.05) is 42.2 Å². The molecule has 1 aliphatic rings. The van der Waals surface area contributed by atoms with Crippen molar-refractivity contribution in [2.75, 3.05) is 13.2 Å². The molecule has 0 aliphatic carbocycles. The number of nitrogens with zero attached hydrogens (tertiary/aromatic N) is 1. The fourth-order valence-corrected chi connectivity index (χ4v) is 3.22. The van der Waals surface area contributed by atoms with E-state index in [-0.39, 0.29) is 18.6 Å². The van der Waals surface area contributed by atoms with Crippen LogP contribution in [0.25, 0.3) is 0 Å². The van der Waals surface area contributed by atoms with Crippen LogP contribution in [0.3, 0.4) is 0 Å². The average molecular weight is 347 g/mol. The molecule has 1 fully saturated rings. The van der Waals surface area contributed by atoms with Gasteiger partial charge in [0.2, 0.25) is 5.91 Å². The number of rotatable bonds is 6. The number of benzene rings is 1. The maximum atomic E-state index is 12.5. The maximum Gasteiger partial charge on any atom is 0.315 e. The van der Waals surface area contributed by atoms with Crippen molar-refractivity contribution in [3.63, 3.8) is 0 Å². The standard InChI is InChI=1S/C19H29N3O3/c1-14-8-6-7-11-22(14)18(24)15(2)20-19(25)21-17(13-23)12-16-9-4-3-5-10-16/h3-5,9-10,14-15,17,23H,6-8,11-13H2,1-2H3,(H2,20,21,25)/t14-,15-,17-/m0/s1. The predicted molar refractivity (Wildman–Crippen MR) is 97.2 cm³/mol. The van der Waals surface area contributed by atoms with Gasteiger partial charge in [0.05, 0.1) is 12.6 Å². The minimum absolute atomic E-state index is 0.0500. The number of likely N-dealkylation sites (tertiary alicyclic amines) is 1. The number of carbonyl (C=O) groups is 2. The van der Waals surface area contributed by atoms with Crippen molar-refractivity contribution in [2.24, 2.45) is 0 Å². The van der Waals surface area contributed by atoms with Crippen molar-refractivity contribution < 1.29 is 14.7 Å². The Bertz CT molecular complexity index is 564. The van der Waals surface area contributed by atoms with Gasteiger partial charge in [-0.25, -0.2) is 4.79 Å². The molecule has 0 aromatic heterocycles. The number of urea groups is 1. The molecule has 0 spiro atoms. The summed E-state index contributed by atoms with van der Waals surface area (Å²) in [5, 5.41) is 14.9. The van der Waals surface area contributed by atoms with E-state index in [0.717, 1.165) is 31.4 Å². The van der Waals surface area contributed by atoms with Crippen LogP contribution in [0.4, 0.5) is 4.79 Å². The summed E-state index contributed by atoms with van der Waals surface area (Å²) in [4.78, 5) is 26.6. The highest BCUT2D eigenvalue weighted by Gasteiger charge is 2.28. The molecule has 3 amide bonds. The summed E-state index contributed by atoms with van der Waals surface area (Å²) in [6.45, 7) is 4.34. The second-order valence-corrected chi connectivity index (χ2v) is 6.79. The molecule has 1 aromatic carbocycles. The highest BCUT2D eigenvalue weighted by molar-refractivity contribution is 5.87. The molecule has 3 N–H and O–H groups in total. The first-order chi connectivity index (χ1) is 12.0. The largest absolute Gasteiger partial charge is 0.394 e. The summed E-state index contributed by atoms with van der Waals surface area (Å²) < 4.78 is 0. The fourth-order valence-electron chi connectivity index (χ4n) is 3.22. The molecule has 1 saturated heterocycles. The van der Waals surface area contributed by atoms with Gasteiger partial charge in [0.25, 0.3) is 0 Å². The van der Waals surface area contributed by atoms with Gasteiger partial charge in [-0.05, 0) is 45.1 Å². The molecule has 0 bridgehead atoms. The van der Waals surface area contributed by atoms with Crippen molar-refractivity contribution in [3.05, 3.63) is 35.9 Å². The number of aliphatic hydroxyl groups is 1. The van der Waals surface area contributed by atoms with Gasteiger partial charge in [0, 0.05) is 12.6 Å². The van der Waals surface area contributed by atoms with Crippen molar-refractivity contribution >= 4 is 11.9 Å². The van der Waals surface area contributed by atoms with Crippen LogP contribution in [0.2, 0.25) is 0 Å². The van der Waals surface area contributed by atoms with Crippen molar-refractivity contribution in [2.45, 2.75) is 57.7 Å². The molecule has 1 heterocycles. The van der Waals surface area contributed by atoms with E-state index in [1.165, 1.54) is 0 Å². The summed E-state index contributed by atoms with van der Waals surface area (Å²) >= 11 is 0. The Morgan fingerprint density at radius 2 is 1.96 bits per heavy atom. The second kappa shape index (κ2) is 9.42. The number of piperidine rings is 1. The second-order valence-electron chi connectivity index (χ2n) is 6.79. The molecular formula is C19H29N3O3. The number of hydrogen-bond acceptors (Lipinski definition) is 3. The Labute approximate surface area is 149 Å². The molecule has 0 radical (unpaired) electrons. The molecule has 3 atom stereocenters. The SMILES string of the molecule is C[C@H](NC(=O)N[C@H](CO)Cc1ccccc1)C(=O)N1CCCC[C@@H]1C. The highest BCUT2D eigenvalue weighted by Crippen LogP contribution is 2.17. The predicted octanol–water partition coefficient (Wildman–Crippen LogP) is 1.68. The van der Waals surface area contributed by atoms with E-state index < -0.39 is 18.1 Å². The van der Waals surface area contributed by atoms with E-state index in [9.17, 15) is 14.7 Å². The van der Waals surface area contributed by atoms with Crippen LogP contribution in [-0.4, -0.2) is 53.2 Å². The monoisotopic (exact) mass is 347 g/mol. The summed E-state index contributed by atoms with van der Waals surface area (Å²) in [5.74, 6) is -0.0500. The lowest BCUT2D eigenvalue weighted by atomic mass is 10.0. The third-order valence-corrected chi connectivity index (χ3v) is 4.68. The Morgan fingerprint density at radius 3 is 2.60 bits per heavy atom. The lowest BCUT2D eigenvalue weighted by Gasteiger charge is -2.35. The molecule has 6 nitrogen and oxygen atoms in total. The Hall–Kier alpha value is -2.08. The summed E-state index contributed by atoms with van der Waals surface area (Å²) in [7, 11) is 0. The van der Waals surface area contributed by atoms with E-state index in [0.29, 0.717) is 6.42 Å².